The molecule has 0 radical (unpaired) electrons. The molecule has 2 aromatic rings. The van der Waals surface area contributed by atoms with Crippen LogP contribution in [0, 0.1) is 6.92 Å². The molecule has 0 heterocycles. The number of rotatable bonds is 2. The molecule has 2 N–H and O–H groups in total. The maximum Gasteiger partial charge on any atom is 0.121 e. The van der Waals surface area contributed by atoms with E-state index in [9.17, 15) is 0 Å². The van der Waals surface area contributed by atoms with Crippen molar-refractivity contribution in [2.45, 2.75) is 6.92 Å². The van der Waals surface area contributed by atoms with Crippen molar-refractivity contribution in [1.82, 2.24) is 0 Å². The molecule has 0 aliphatic carbocycles. The maximum absolute atomic E-state index is 6.01. The Morgan fingerprint density at radius 1 is 1.06 bits per heavy atom. The van der Waals surface area contributed by atoms with Gasteiger partial charge in [-0.1, -0.05) is 23.7 Å². The van der Waals surface area contributed by atoms with Crippen molar-refractivity contribution in [3.8, 4) is 16.9 Å². The third kappa shape index (κ3) is 2.37. The minimum absolute atomic E-state index is 0.580. The highest BCUT2D eigenvalue weighted by molar-refractivity contribution is 6.33. The lowest BCUT2D eigenvalue weighted by atomic mass is 10.0. The van der Waals surface area contributed by atoms with Gasteiger partial charge in [-0.15, -0.1) is 0 Å². The Bertz CT molecular complexity index is 552. The van der Waals surface area contributed by atoms with Crippen LogP contribution in [0.4, 0.5) is 5.69 Å². The minimum Gasteiger partial charge on any atom is -0.496 e. The Morgan fingerprint density at radius 2 is 1.71 bits per heavy atom. The van der Waals surface area contributed by atoms with Crippen LogP contribution in [-0.4, -0.2) is 7.11 Å². The Kier molecular flexibility index (Phi) is 3.25. The number of nitrogen functional groups attached to an aromatic ring is 1. The highest BCUT2D eigenvalue weighted by Gasteiger charge is 2.04. The molecule has 0 spiro atoms. The SMILES string of the molecule is COc1ccc(-c2ccc(N)c(Cl)c2)cc1C. The molecule has 0 amide bonds. The van der Waals surface area contributed by atoms with Gasteiger partial charge in [-0.3, -0.25) is 0 Å². The van der Waals surface area contributed by atoms with Crippen LogP contribution in [0.25, 0.3) is 11.1 Å². The highest BCUT2D eigenvalue weighted by atomic mass is 35.5. The maximum atomic E-state index is 6.01. The second-order valence-corrected chi connectivity index (χ2v) is 4.33. The van der Waals surface area contributed by atoms with E-state index in [1.807, 2.05) is 37.3 Å². The van der Waals surface area contributed by atoms with Gasteiger partial charge < -0.3 is 10.5 Å². The molecule has 0 saturated heterocycles. The molecule has 2 rings (SSSR count). The third-order valence-corrected chi connectivity index (χ3v) is 3.06. The molecule has 0 bridgehead atoms. The van der Waals surface area contributed by atoms with Gasteiger partial charge in [0.15, 0.2) is 0 Å². The van der Waals surface area contributed by atoms with Gasteiger partial charge in [-0.05, 0) is 47.9 Å². The van der Waals surface area contributed by atoms with E-state index in [4.69, 9.17) is 22.1 Å². The second-order valence-electron chi connectivity index (χ2n) is 3.92. The van der Waals surface area contributed by atoms with Gasteiger partial charge in [0.2, 0.25) is 0 Å². The molecule has 88 valence electrons. The van der Waals surface area contributed by atoms with Crippen molar-refractivity contribution in [3.05, 3.63) is 47.0 Å². The summed E-state index contributed by atoms with van der Waals surface area (Å²) in [6.45, 7) is 2.02. The van der Waals surface area contributed by atoms with Crippen LogP contribution in [-0.2, 0) is 0 Å². The van der Waals surface area contributed by atoms with Crippen molar-refractivity contribution in [1.29, 1.82) is 0 Å². The van der Waals surface area contributed by atoms with Crippen LogP contribution in [0.1, 0.15) is 5.56 Å². The lowest BCUT2D eigenvalue weighted by Gasteiger charge is -2.08. The summed E-state index contributed by atoms with van der Waals surface area (Å²) in [4.78, 5) is 0. The molecular weight excluding hydrogens is 234 g/mol. The van der Waals surface area contributed by atoms with Crippen LogP contribution in [0.2, 0.25) is 5.02 Å². The fourth-order valence-corrected chi connectivity index (χ4v) is 1.95. The Morgan fingerprint density at radius 3 is 2.29 bits per heavy atom. The summed E-state index contributed by atoms with van der Waals surface area (Å²) in [6, 6.07) is 11.7. The van der Waals surface area contributed by atoms with E-state index in [0.29, 0.717) is 10.7 Å². The Balaban J connectivity index is 2.46. The Hall–Kier alpha value is -1.67. The molecule has 0 atom stereocenters. The third-order valence-electron chi connectivity index (χ3n) is 2.73. The van der Waals surface area contributed by atoms with E-state index >= 15 is 0 Å². The van der Waals surface area contributed by atoms with Crippen LogP contribution >= 0.6 is 11.6 Å². The lowest BCUT2D eigenvalue weighted by Crippen LogP contribution is -1.89. The number of aryl methyl sites for hydroxylation is 1. The topological polar surface area (TPSA) is 35.2 Å². The summed E-state index contributed by atoms with van der Waals surface area (Å²) >= 11 is 6.01. The largest absolute Gasteiger partial charge is 0.496 e. The number of hydrogen-bond donors (Lipinski definition) is 1. The van der Waals surface area contributed by atoms with Crippen LogP contribution in [0.15, 0.2) is 36.4 Å². The fraction of sp³-hybridized carbons (Fsp3) is 0.143. The molecule has 0 unspecified atom stereocenters. The zero-order valence-corrected chi connectivity index (χ0v) is 10.6. The van der Waals surface area contributed by atoms with Crippen molar-refractivity contribution in [2.24, 2.45) is 0 Å². The number of benzene rings is 2. The molecule has 2 nitrogen and oxygen atoms in total. The van der Waals surface area contributed by atoms with Gasteiger partial charge >= 0.3 is 0 Å². The van der Waals surface area contributed by atoms with Crippen molar-refractivity contribution in [2.75, 3.05) is 12.8 Å². The van der Waals surface area contributed by atoms with E-state index in [0.717, 1.165) is 22.4 Å². The first-order valence-electron chi connectivity index (χ1n) is 5.32. The highest BCUT2D eigenvalue weighted by Crippen LogP contribution is 2.29. The van der Waals surface area contributed by atoms with Crippen molar-refractivity contribution < 1.29 is 4.74 Å². The summed E-state index contributed by atoms with van der Waals surface area (Å²) in [5, 5.41) is 0.580. The first kappa shape index (κ1) is 11.8. The summed E-state index contributed by atoms with van der Waals surface area (Å²) in [5.41, 5.74) is 9.54. The normalized spacial score (nSPS) is 10.3. The molecule has 17 heavy (non-hydrogen) atoms. The molecule has 0 saturated carbocycles. The van der Waals surface area contributed by atoms with Gasteiger partial charge in [0.25, 0.3) is 0 Å². The summed E-state index contributed by atoms with van der Waals surface area (Å²) in [7, 11) is 1.67. The molecule has 2 aromatic carbocycles. The summed E-state index contributed by atoms with van der Waals surface area (Å²) in [6.07, 6.45) is 0. The first-order chi connectivity index (χ1) is 8.11. The monoisotopic (exact) mass is 247 g/mol. The molecular formula is C14H14ClNO. The average molecular weight is 248 g/mol. The number of nitrogens with two attached hydrogens (primary N) is 1. The zero-order chi connectivity index (χ0) is 12.4. The van der Waals surface area contributed by atoms with E-state index in [1.165, 1.54) is 0 Å². The van der Waals surface area contributed by atoms with E-state index < -0.39 is 0 Å². The predicted octanol–water partition coefficient (Wildman–Crippen LogP) is 3.91. The zero-order valence-electron chi connectivity index (χ0n) is 9.83. The number of methoxy groups -OCH3 is 1. The van der Waals surface area contributed by atoms with Gasteiger partial charge in [0, 0.05) is 0 Å². The minimum atomic E-state index is 0.580. The first-order valence-corrected chi connectivity index (χ1v) is 5.69. The number of anilines is 1. The smallest absolute Gasteiger partial charge is 0.121 e. The lowest BCUT2D eigenvalue weighted by molar-refractivity contribution is 0.412. The van der Waals surface area contributed by atoms with Crippen molar-refractivity contribution in [3.63, 3.8) is 0 Å². The average Bonchev–Trinajstić information content (AvgIpc) is 2.32. The Labute approximate surface area is 106 Å². The van der Waals surface area contributed by atoms with Gasteiger partial charge in [-0.25, -0.2) is 0 Å². The number of hydrogen-bond acceptors (Lipinski definition) is 2. The summed E-state index contributed by atoms with van der Waals surface area (Å²) < 4.78 is 5.23. The van der Waals surface area contributed by atoms with Crippen LogP contribution < -0.4 is 10.5 Å². The molecule has 0 aromatic heterocycles. The molecule has 0 aliphatic rings. The van der Waals surface area contributed by atoms with Gasteiger partial charge in [0.05, 0.1) is 17.8 Å². The van der Waals surface area contributed by atoms with Crippen LogP contribution in [0.3, 0.4) is 0 Å². The quantitative estimate of drug-likeness (QED) is 0.817. The number of ether oxygens (including phenoxy) is 1. The molecule has 0 aliphatic heterocycles. The van der Waals surface area contributed by atoms with E-state index in [2.05, 4.69) is 6.07 Å². The predicted molar refractivity (Wildman–Crippen MR) is 72.6 cm³/mol. The standard InChI is InChI=1S/C14H14ClNO/c1-9-7-10(4-6-14(9)17-2)11-3-5-13(16)12(15)8-11/h3-8H,16H2,1-2H3. The summed E-state index contributed by atoms with van der Waals surface area (Å²) in [5.74, 6) is 0.885. The van der Waals surface area contributed by atoms with Crippen LogP contribution in [0.5, 0.6) is 5.75 Å². The molecule has 3 heteroatoms. The fourth-order valence-electron chi connectivity index (χ4n) is 1.76. The van der Waals surface area contributed by atoms with Crippen molar-refractivity contribution >= 4 is 17.3 Å². The second kappa shape index (κ2) is 4.68. The molecule has 0 fully saturated rings. The van der Waals surface area contributed by atoms with Gasteiger partial charge in [-0.2, -0.15) is 0 Å². The van der Waals surface area contributed by atoms with E-state index in [1.54, 1.807) is 7.11 Å². The van der Waals surface area contributed by atoms with Gasteiger partial charge in [0.1, 0.15) is 5.75 Å². The number of halogens is 1. The van der Waals surface area contributed by atoms with E-state index in [-0.39, 0.29) is 0 Å².